The van der Waals surface area contributed by atoms with Crippen molar-refractivity contribution in [3.8, 4) is 0 Å². The molecule has 1 aromatic heterocycles. The van der Waals surface area contributed by atoms with E-state index in [9.17, 15) is 9.90 Å². The molecule has 0 atom stereocenters. The molecule has 22 heavy (non-hydrogen) atoms. The molecule has 0 amide bonds. The van der Waals surface area contributed by atoms with Gasteiger partial charge in [0.25, 0.3) is 0 Å². The fourth-order valence-corrected chi connectivity index (χ4v) is 2.98. The molecule has 3 rings (SSSR count). The lowest BCUT2D eigenvalue weighted by Gasteiger charge is -2.22. The smallest absolute Gasteiger partial charge is 0.204 e. The Morgan fingerprint density at radius 2 is 1.55 bits per heavy atom. The zero-order valence-corrected chi connectivity index (χ0v) is 13.8. The van der Waals surface area contributed by atoms with Crippen LogP contribution in [0.1, 0.15) is 43.3 Å². The summed E-state index contributed by atoms with van der Waals surface area (Å²) in [7, 11) is 0. The topological polar surface area (TPSA) is 65.5 Å². The first kappa shape index (κ1) is 14.6. The summed E-state index contributed by atoms with van der Waals surface area (Å²) in [6.07, 6.45) is 0. The number of hydrogen-bond acceptors (Lipinski definition) is 3. The molecule has 1 aliphatic carbocycles. The molecule has 4 heteroatoms. The van der Waals surface area contributed by atoms with Crippen LogP contribution in [0.15, 0.2) is 33.2 Å². The summed E-state index contributed by atoms with van der Waals surface area (Å²) in [5, 5.41) is 10.5. The second kappa shape index (κ2) is 4.57. The van der Waals surface area contributed by atoms with Crippen molar-refractivity contribution in [3.63, 3.8) is 0 Å². The molecule has 2 N–H and O–H groups in total. The van der Waals surface area contributed by atoms with Crippen LogP contribution in [0, 0.1) is 20.8 Å². The average molecular weight is 296 g/mol. The van der Waals surface area contributed by atoms with Gasteiger partial charge in [0.1, 0.15) is 5.76 Å². The lowest BCUT2D eigenvalue weighted by atomic mass is 9.82. The summed E-state index contributed by atoms with van der Waals surface area (Å²) < 4.78 is 0. The van der Waals surface area contributed by atoms with E-state index in [-0.39, 0.29) is 11.5 Å². The minimum atomic E-state index is -0.137. The van der Waals surface area contributed by atoms with Crippen LogP contribution in [0.5, 0.6) is 0 Å². The summed E-state index contributed by atoms with van der Waals surface area (Å²) >= 11 is 0. The van der Waals surface area contributed by atoms with Crippen molar-refractivity contribution < 1.29 is 9.90 Å². The Balaban J connectivity index is 2.18. The highest BCUT2D eigenvalue weighted by molar-refractivity contribution is 6.39. The number of aliphatic hydroxyl groups is 1. The first-order valence-electron chi connectivity index (χ1n) is 7.37. The van der Waals surface area contributed by atoms with Crippen LogP contribution < -0.4 is 0 Å². The molecule has 4 nitrogen and oxygen atoms in total. The molecule has 0 saturated carbocycles. The third kappa shape index (κ3) is 1.70. The fourth-order valence-electron chi connectivity index (χ4n) is 2.98. The molecule has 0 fully saturated rings. The minimum Gasteiger partial charge on any atom is -0.506 e. The maximum absolute atomic E-state index is 12.6. The van der Waals surface area contributed by atoms with E-state index in [0.29, 0.717) is 16.8 Å². The van der Waals surface area contributed by atoms with Crippen molar-refractivity contribution in [2.45, 2.75) is 41.5 Å². The zero-order chi connectivity index (χ0) is 16.3. The maximum atomic E-state index is 12.6. The van der Waals surface area contributed by atoms with Crippen LogP contribution in [0.4, 0.5) is 0 Å². The van der Waals surface area contributed by atoms with Crippen LogP contribution >= 0.6 is 0 Å². The normalized spacial score (nSPS) is 21.7. The largest absolute Gasteiger partial charge is 0.506 e. The molecule has 2 heterocycles. The van der Waals surface area contributed by atoms with Crippen LogP contribution in [-0.2, 0) is 4.79 Å². The number of aromatic amines is 1. The van der Waals surface area contributed by atoms with Crippen molar-refractivity contribution in [2.75, 3.05) is 0 Å². The third-order valence-electron chi connectivity index (χ3n) is 4.97. The number of rotatable bonds is 1. The summed E-state index contributed by atoms with van der Waals surface area (Å²) in [5.41, 5.74) is 8.12. The molecule has 2 aliphatic rings. The number of aromatic nitrogens is 1. The molecule has 0 bridgehead atoms. The molecule has 0 radical (unpaired) electrons. The standard InChI is InChI=1S/C18H20N2O2/c1-7-9(3)15(19-11(7)5)13-17(21)14(18(13)22)16-10(4)8(2)12(6)20-16/h19,21H,1-6H3/b16-14-. The van der Waals surface area contributed by atoms with Crippen LogP contribution in [-0.4, -0.2) is 21.6 Å². The van der Waals surface area contributed by atoms with E-state index in [1.807, 2.05) is 41.5 Å². The molecular weight excluding hydrogens is 276 g/mol. The highest BCUT2D eigenvalue weighted by Crippen LogP contribution is 2.42. The number of allylic oxidation sites excluding steroid dienone is 4. The van der Waals surface area contributed by atoms with Gasteiger partial charge in [0.05, 0.1) is 22.5 Å². The van der Waals surface area contributed by atoms with Gasteiger partial charge in [0.2, 0.25) is 5.78 Å². The average Bonchev–Trinajstić information content (AvgIpc) is 2.85. The van der Waals surface area contributed by atoms with Crippen molar-refractivity contribution in [2.24, 2.45) is 4.99 Å². The number of hydrogen-bond donors (Lipinski definition) is 2. The molecule has 114 valence electrons. The number of H-pyrrole nitrogens is 1. The second-order valence-electron chi connectivity index (χ2n) is 6.10. The van der Waals surface area contributed by atoms with Crippen molar-refractivity contribution in [1.29, 1.82) is 0 Å². The number of carbonyl (C=O) groups excluding carboxylic acids is 1. The van der Waals surface area contributed by atoms with E-state index in [4.69, 9.17) is 0 Å². The number of aryl methyl sites for hydroxylation is 1. The number of nitrogens with zero attached hydrogens (tertiary/aromatic N) is 1. The Morgan fingerprint density at radius 3 is 1.95 bits per heavy atom. The van der Waals surface area contributed by atoms with E-state index >= 15 is 0 Å². The van der Waals surface area contributed by atoms with Gasteiger partial charge in [-0.2, -0.15) is 0 Å². The van der Waals surface area contributed by atoms with Gasteiger partial charge in [-0.3, -0.25) is 9.79 Å². The van der Waals surface area contributed by atoms with Crippen LogP contribution in [0.25, 0.3) is 5.57 Å². The predicted molar refractivity (Wildman–Crippen MR) is 88.1 cm³/mol. The molecular formula is C18H20N2O2. The number of aliphatic hydroxyl groups excluding tert-OH is 1. The molecule has 0 unspecified atom stereocenters. The third-order valence-corrected chi connectivity index (χ3v) is 4.97. The SMILES string of the molecule is CC1=N/C(=C2\C(=O)C(c3[nH]c(C)c(C)c3C)=C2O)C(C)=C1C. The van der Waals surface area contributed by atoms with Gasteiger partial charge in [-0.25, -0.2) is 0 Å². The molecule has 1 aromatic rings. The lowest BCUT2D eigenvalue weighted by Crippen LogP contribution is -2.23. The van der Waals surface area contributed by atoms with Crippen molar-refractivity contribution in [3.05, 3.63) is 50.7 Å². The summed E-state index contributed by atoms with van der Waals surface area (Å²) in [6.45, 7) is 11.8. The predicted octanol–water partition coefficient (Wildman–Crippen LogP) is 3.86. The van der Waals surface area contributed by atoms with Gasteiger partial charge in [0, 0.05) is 11.4 Å². The minimum absolute atomic E-state index is 0.0509. The first-order valence-corrected chi connectivity index (χ1v) is 7.37. The van der Waals surface area contributed by atoms with Gasteiger partial charge >= 0.3 is 0 Å². The number of aliphatic imine (C=N–C) groups is 1. The van der Waals surface area contributed by atoms with E-state index in [1.165, 1.54) is 0 Å². The summed E-state index contributed by atoms with van der Waals surface area (Å²) in [4.78, 5) is 20.3. The summed E-state index contributed by atoms with van der Waals surface area (Å²) in [5.74, 6) is -0.0857. The quantitative estimate of drug-likeness (QED) is 0.773. The van der Waals surface area contributed by atoms with Crippen LogP contribution in [0.3, 0.4) is 0 Å². The van der Waals surface area contributed by atoms with Crippen LogP contribution in [0.2, 0.25) is 0 Å². The van der Waals surface area contributed by atoms with E-state index in [1.54, 1.807) is 0 Å². The van der Waals surface area contributed by atoms with Gasteiger partial charge in [-0.1, -0.05) is 0 Å². The Kier molecular flexibility index (Phi) is 3.02. The lowest BCUT2D eigenvalue weighted by molar-refractivity contribution is -0.111. The first-order chi connectivity index (χ1) is 10.3. The molecule has 0 saturated heterocycles. The Bertz CT molecular complexity index is 858. The van der Waals surface area contributed by atoms with Gasteiger partial charge < -0.3 is 10.1 Å². The number of ketones is 1. The zero-order valence-electron chi connectivity index (χ0n) is 13.8. The van der Waals surface area contributed by atoms with Gasteiger partial charge in [0.15, 0.2) is 0 Å². The van der Waals surface area contributed by atoms with E-state index < -0.39 is 0 Å². The highest BCUT2D eigenvalue weighted by Gasteiger charge is 2.40. The number of Topliss-reactive ketones (excluding diaryl/α,β-unsaturated/α-hetero) is 1. The van der Waals surface area contributed by atoms with E-state index in [2.05, 4.69) is 9.98 Å². The Morgan fingerprint density at radius 1 is 0.909 bits per heavy atom. The number of nitrogens with one attached hydrogen (secondary N) is 1. The van der Waals surface area contributed by atoms with E-state index in [0.717, 1.165) is 39.4 Å². The Labute approximate surface area is 130 Å². The fraction of sp³-hybridized carbons (Fsp3) is 0.333. The summed E-state index contributed by atoms with van der Waals surface area (Å²) in [6, 6.07) is 0. The maximum Gasteiger partial charge on any atom is 0.204 e. The molecule has 0 aromatic carbocycles. The second-order valence-corrected chi connectivity index (χ2v) is 6.10. The monoisotopic (exact) mass is 296 g/mol. The van der Waals surface area contributed by atoms with Crippen molar-refractivity contribution in [1.82, 2.24) is 4.98 Å². The molecule has 0 spiro atoms. The number of carbonyl (C=O) groups is 1. The van der Waals surface area contributed by atoms with Crippen molar-refractivity contribution >= 4 is 17.1 Å². The Hall–Kier alpha value is -2.36. The van der Waals surface area contributed by atoms with Gasteiger partial charge in [-0.05, 0) is 63.8 Å². The van der Waals surface area contributed by atoms with Gasteiger partial charge in [-0.15, -0.1) is 0 Å². The highest BCUT2D eigenvalue weighted by atomic mass is 16.3. The molecule has 1 aliphatic heterocycles.